The molecule has 0 amide bonds. The number of hydrogen-bond acceptors (Lipinski definition) is 6. The van der Waals surface area contributed by atoms with Crippen LogP contribution in [0.3, 0.4) is 0 Å². The lowest BCUT2D eigenvalue weighted by atomic mass is 10.1. The van der Waals surface area contributed by atoms with Crippen LogP contribution in [0.4, 0.5) is 5.69 Å². The third kappa shape index (κ3) is 2.18. The van der Waals surface area contributed by atoms with E-state index in [1.807, 2.05) is 0 Å². The van der Waals surface area contributed by atoms with Gasteiger partial charge in [-0.2, -0.15) is 10.2 Å². The van der Waals surface area contributed by atoms with Crippen LogP contribution >= 0.6 is 0 Å². The number of aliphatic imine (C=N–C) groups is 1. The monoisotopic (exact) mass is 216 g/mol. The first-order valence-corrected chi connectivity index (χ1v) is 4.79. The average molecular weight is 216 g/mol. The van der Waals surface area contributed by atoms with Crippen molar-refractivity contribution in [3.63, 3.8) is 0 Å². The zero-order valence-electron chi connectivity index (χ0n) is 8.56. The van der Waals surface area contributed by atoms with Crippen LogP contribution in [-0.2, 0) is 0 Å². The summed E-state index contributed by atoms with van der Waals surface area (Å²) < 4.78 is 0. The zero-order valence-corrected chi connectivity index (χ0v) is 8.56. The minimum absolute atomic E-state index is 0.613. The van der Waals surface area contributed by atoms with Crippen molar-refractivity contribution in [2.75, 3.05) is 0 Å². The molecule has 6 heteroatoms. The van der Waals surface area contributed by atoms with Gasteiger partial charge in [0.25, 0.3) is 0 Å². The van der Waals surface area contributed by atoms with E-state index in [-0.39, 0.29) is 0 Å². The lowest BCUT2D eigenvalue weighted by molar-refractivity contribution is 0.429. The first kappa shape index (κ1) is 10.6. The third-order valence-electron chi connectivity index (χ3n) is 2.15. The molecule has 0 bridgehead atoms. The average Bonchev–Trinajstić information content (AvgIpc) is 2.32. The molecule has 2 heterocycles. The van der Waals surface area contributed by atoms with Crippen LogP contribution in [0.5, 0.6) is 0 Å². The van der Waals surface area contributed by atoms with Crippen LogP contribution in [0.2, 0.25) is 0 Å². The maximum atomic E-state index is 5.94. The maximum absolute atomic E-state index is 5.94. The molecule has 0 aromatic carbocycles. The topological polar surface area (TPSA) is 102 Å². The van der Waals surface area contributed by atoms with Crippen LogP contribution in [0, 0.1) is 0 Å². The summed E-state index contributed by atoms with van der Waals surface area (Å²) in [6.07, 6.45) is 7.60. The Labute approximate surface area is 92.8 Å². The molecule has 2 atom stereocenters. The molecule has 2 rings (SSSR count). The fourth-order valence-corrected chi connectivity index (χ4v) is 1.21. The maximum Gasteiger partial charge on any atom is 0.184 e. The van der Waals surface area contributed by atoms with Gasteiger partial charge in [0.1, 0.15) is 11.9 Å². The van der Waals surface area contributed by atoms with Gasteiger partial charge in [0.2, 0.25) is 0 Å². The van der Waals surface area contributed by atoms with Gasteiger partial charge in [0.05, 0.1) is 6.20 Å². The number of hydrogen-bond donors (Lipinski definition) is 2. The molecule has 1 aliphatic rings. The van der Waals surface area contributed by atoms with E-state index in [0.29, 0.717) is 5.69 Å². The summed E-state index contributed by atoms with van der Waals surface area (Å²) in [7, 11) is 0. The summed E-state index contributed by atoms with van der Waals surface area (Å²) in [4.78, 5) is 7.88. The van der Waals surface area contributed by atoms with Crippen molar-refractivity contribution < 1.29 is 0 Å². The van der Waals surface area contributed by atoms with Gasteiger partial charge in [-0.05, 0) is 24.3 Å². The van der Waals surface area contributed by atoms with Gasteiger partial charge < -0.3 is 5.73 Å². The summed E-state index contributed by atoms with van der Waals surface area (Å²) >= 11 is 0. The Morgan fingerprint density at radius 3 is 3.00 bits per heavy atom. The summed E-state index contributed by atoms with van der Waals surface area (Å²) in [6, 6.07) is 3.55. The van der Waals surface area contributed by atoms with E-state index in [9.17, 15) is 0 Å². The lowest BCUT2D eigenvalue weighted by Gasteiger charge is -2.25. The molecule has 1 aliphatic heterocycles. The number of rotatable bonds is 2. The fourth-order valence-electron chi connectivity index (χ4n) is 1.21. The minimum Gasteiger partial charge on any atom is -0.306 e. The van der Waals surface area contributed by atoms with Crippen LogP contribution < -0.4 is 11.5 Å². The van der Waals surface area contributed by atoms with Gasteiger partial charge in [-0.15, -0.1) is 0 Å². The molecule has 0 saturated carbocycles. The first-order valence-electron chi connectivity index (χ1n) is 4.79. The number of aromatic nitrogens is 1. The van der Waals surface area contributed by atoms with Gasteiger partial charge in [-0.3, -0.25) is 15.7 Å². The van der Waals surface area contributed by atoms with Gasteiger partial charge >= 0.3 is 0 Å². The highest BCUT2D eigenvalue weighted by Crippen LogP contribution is 2.18. The standard InChI is InChI=1S/C10H12N6/c11-9-10(12,4-2-6-14-9)16-15-8-3-1-5-13-7-8/h1-7,9H,11-12H2. The Hall–Kier alpha value is -1.92. The number of azo groups is 1. The van der Waals surface area contributed by atoms with E-state index in [0.717, 1.165) is 0 Å². The number of nitrogens with two attached hydrogens (primary N) is 2. The molecule has 0 spiro atoms. The Kier molecular flexibility index (Phi) is 2.84. The highest BCUT2D eigenvalue weighted by molar-refractivity contribution is 5.73. The molecule has 0 saturated heterocycles. The van der Waals surface area contributed by atoms with E-state index in [4.69, 9.17) is 11.5 Å². The fraction of sp³-hybridized carbons (Fsp3) is 0.200. The molecule has 1 aromatic rings. The van der Waals surface area contributed by atoms with E-state index >= 15 is 0 Å². The highest BCUT2D eigenvalue weighted by Gasteiger charge is 2.30. The Bertz CT molecular complexity index is 438. The van der Waals surface area contributed by atoms with Gasteiger partial charge in [-0.25, -0.2) is 0 Å². The van der Waals surface area contributed by atoms with Gasteiger partial charge in [0, 0.05) is 12.4 Å². The smallest absolute Gasteiger partial charge is 0.184 e. The molecule has 6 nitrogen and oxygen atoms in total. The van der Waals surface area contributed by atoms with Crippen molar-refractivity contribution in [3.05, 3.63) is 36.7 Å². The van der Waals surface area contributed by atoms with Crippen LogP contribution in [0.15, 0.2) is 51.9 Å². The van der Waals surface area contributed by atoms with E-state index in [1.54, 1.807) is 42.9 Å². The van der Waals surface area contributed by atoms with Crippen molar-refractivity contribution >= 4 is 11.9 Å². The van der Waals surface area contributed by atoms with E-state index < -0.39 is 11.8 Å². The van der Waals surface area contributed by atoms with Crippen molar-refractivity contribution in [1.29, 1.82) is 0 Å². The summed E-state index contributed by atoms with van der Waals surface area (Å²) in [5.41, 5.74) is 11.2. The van der Waals surface area contributed by atoms with Gasteiger partial charge in [-0.1, -0.05) is 0 Å². The SMILES string of the molecule is NC1N=CC=CC1(N)N=Nc1cccnc1. The van der Waals surface area contributed by atoms with Crippen LogP contribution in [0.25, 0.3) is 0 Å². The van der Waals surface area contributed by atoms with E-state index in [2.05, 4.69) is 20.2 Å². The highest BCUT2D eigenvalue weighted by atomic mass is 15.3. The van der Waals surface area contributed by atoms with Gasteiger partial charge in [0.15, 0.2) is 5.66 Å². The van der Waals surface area contributed by atoms with Crippen LogP contribution in [-0.4, -0.2) is 23.0 Å². The summed E-state index contributed by atoms with van der Waals surface area (Å²) in [6.45, 7) is 0. The molecule has 0 radical (unpaired) electrons. The molecular formula is C10H12N6. The lowest BCUT2D eigenvalue weighted by Crippen LogP contribution is -2.52. The molecule has 0 aliphatic carbocycles. The molecular weight excluding hydrogens is 204 g/mol. The molecule has 0 fully saturated rings. The molecule has 16 heavy (non-hydrogen) atoms. The zero-order chi connectivity index (χ0) is 11.4. The number of allylic oxidation sites excluding steroid dienone is 1. The second-order valence-electron chi connectivity index (χ2n) is 3.40. The largest absolute Gasteiger partial charge is 0.306 e. The van der Waals surface area contributed by atoms with Crippen molar-refractivity contribution in [2.24, 2.45) is 26.7 Å². The normalized spacial score (nSPS) is 28.8. The predicted molar refractivity (Wildman–Crippen MR) is 61.3 cm³/mol. The predicted octanol–water partition coefficient (Wildman–Crippen LogP) is 0.746. The second-order valence-corrected chi connectivity index (χ2v) is 3.40. The summed E-state index contributed by atoms with van der Waals surface area (Å²) in [5.74, 6) is 0. The van der Waals surface area contributed by atoms with Crippen molar-refractivity contribution in [3.8, 4) is 0 Å². The van der Waals surface area contributed by atoms with Crippen LogP contribution in [0.1, 0.15) is 0 Å². The van der Waals surface area contributed by atoms with Crippen molar-refractivity contribution in [1.82, 2.24) is 4.98 Å². The molecule has 1 aromatic heterocycles. The summed E-state index contributed by atoms with van der Waals surface area (Å²) in [5, 5.41) is 7.99. The molecule has 4 N–H and O–H groups in total. The van der Waals surface area contributed by atoms with Crippen molar-refractivity contribution in [2.45, 2.75) is 11.8 Å². The Morgan fingerprint density at radius 1 is 1.44 bits per heavy atom. The first-order chi connectivity index (χ1) is 7.71. The number of dihydropyridines is 1. The Balaban J connectivity index is 2.18. The molecule has 2 unspecified atom stereocenters. The minimum atomic E-state index is -1.08. The quantitative estimate of drug-likeness (QED) is 0.713. The molecule has 82 valence electrons. The number of pyridine rings is 1. The second kappa shape index (κ2) is 4.30. The third-order valence-corrected chi connectivity index (χ3v) is 2.15. The number of nitrogens with zero attached hydrogens (tertiary/aromatic N) is 4. The Morgan fingerprint density at radius 2 is 2.31 bits per heavy atom. The van der Waals surface area contributed by atoms with E-state index in [1.165, 1.54) is 0 Å².